The smallest absolute Gasteiger partial charge is 0.423 e. The molecule has 0 aliphatic carbocycles. The van der Waals surface area contributed by atoms with Gasteiger partial charge in [-0.15, -0.1) is 0 Å². The first kappa shape index (κ1) is 34.4. The number of hydrogen-bond donors (Lipinski definition) is 2. The lowest BCUT2D eigenvalue weighted by Crippen LogP contribution is -2.29. The molecule has 6 aromatic carbocycles. The highest BCUT2D eigenvalue weighted by Gasteiger charge is 2.10. The van der Waals surface area contributed by atoms with E-state index in [-0.39, 0.29) is 0 Å². The van der Waals surface area contributed by atoms with Crippen molar-refractivity contribution >= 4 is 90.2 Å². The van der Waals surface area contributed by atoms with Gasteiger partial charge in [-0.3, -0.25) is 0 Å². The molecule has 6 aromatic rings. The fourth-order valence-electron chi connectivity index (χ4n) is 4.15. The van der Waals surface area contributed by atoms with Gasteiger partial charge >= 0.3 is 7.12 Å². The van der Waals surface area contributed by atoms with E-state index in [0.29, 0.717) is 5.46 Å². The summed E-state index contributed by atoms with van der Waals surface area (Å²) in [5, 5.41) is 19.4. The SMILES string of the molecule is Clc1ccc(-c2ccc(-c3ccccc3)cc2)c(Br)c1.Clc1ccc(I)c(Br)c1.OB(O)c1ccc(-c2ccccc2)cc1. The Kier molecular flexibility index (Phi) is 13.6. The molecule has 0 spiro atoms. The Labute approximate surface area is 299 Å². The molecule has 0 radical (unpaired) electrons. The normalized spacial score (nSPS) is 10.2. The zero-order valence-corrected chi connectivity index (χ0v) is 30.1. The molecule has 0 bridgehead atoms. The van der Waals surface area contributed by atoms with Crippen molar-refractivity contribution in [1.82, 2.24) is 0 Å². The van der Waals surface area contributed by atoms with Crippen LogP contribution in [0.15, 0.2) is 155 Å². The van der Waals surface area contributed by atoms with Gasteiger partial charge in [0.05, 0.1) is 0 Å². The largest absolute Gasteiger partial charge is 0.488 e. The van der Waals surface area contributed by atoms with Crippen molar-refractivity contribution in [3.05, 3.63) is 168 Å². The van der Waals surface area contributed by atoms with E-state index in [2.05, 4.69) is 103 Å². The van der Waals surface area contributed by atoms with Crippen LogP contribution in [0.2, 0.25) is 10.0 Å². The van der Waals surface area contributed by atoms with E-state index in [0.717, 1.165) is 35.7 Å². The van der Waals surface area contributed by atoms with Crippen LogP contribution in [-0.2, 0) is 0 Å². The topological polar surface area (TPSA) is 40.5 Å². The van der Waals surface area contributed by atoms with Crippen molar-refractivity contribution in [3.8, 4) is 33.4 Å². The van der Waals surface area contributed by atoms with Gasteiger partial charge in [0.15, 0.2) is 0 Å². The minimum Gasteiger partial charge on any atom is -0.423 e. The van der Waals surface area contributed by atoms with Crippen LogP contribution in [0.1, 0.15) is 0 Å². The molecule has 6 rings (SSSR count). The maximum Gasteiger partial charge on any atom is 0.488 e. The number of benzene rings is 6. The van der Waals surface area contributed by atoms with E-state index >= 15 is 0 Å². The molecule has 0 unspecified atom stereocenters. The van der Waals surface area contributed by atoms with Crippen LogP contribution in [0.4, 0.5) is 0 Å². The molecular formula is C36H26BBr2Cl2IO2. The van der Waals surface area contributed by atoms with Crippen molar-refractivity contribution in [2.75, 3.05) is 0 Å². The maximum atomic E-state index is 8.94. The number of rotatable bonds is 4. The Hall–Kier alpha value is -2.43. The maximum absolute atomic E-state index is 8.94. The van der Waals surface area contributed by atoms with Crippen LogP contribution in [-0.4, -0.2) is 17.2 Å². The van der Waals surface area contributed by atoms with Crippen LogP contribution >= 0.6 is 77.7 Å². The molecule has 0 aliphatic rings. The van der Waals surface area contributed by atoms with E-state index in [1.807, 2.05) is 84.9 Å². The molecule has 0 atom stereocenters. The minimum absolute atomic E-state index is 0.509. The second kappa shape index (κ2) is 17.3. The second-order valence-corrected chi connectivity index (χ2v) is 13.2. The molecule has 44 heavy (non-hydrogen) atoms. The summed E-state index contributed by atoms with van der Waals surface area (Å²) in [6.07, 6.45) is 0. The summed E-state index contributed by atoms with van der Waals surface area (Å²) in [7, 11) is -1.39. The average Bonchev–Trinajstić information content (AvgIpc) is 3.05. The van der Waals surface area contributed by atoms with E-state index in [4.69, 9.17) is 33.2 Å². The first-order valence-electron chi connectivity index (χ1n) is 13.4. The fourth-order valence-corrected chi connectivity index (χ4v) is 6.08. The third-order valence-corrected chi connectivity index (χ3v) is 9.90. The standard InChI is InChI=1S/C18H12BrCl.C12H11BO2.C6H3BrClI/c19-18-12-16(20)10-11-17(18)15-8-6-14(7-9-15)13-4-2-1-3-5-13;14-13(15)12-8-6-11(7-9-12)10-4-2-1-3-5-10;7-5-3-4(8)1-2-6(5)9/h1-12H;1-9,14-15H;1-3H. The third-order valence-electron chi connectivity index (χ3n) is 6.43. The molecule has 0 heterocycles. The predicted octanol–water partition coefficient (Wildman–Crippen LogP) is 11.2. The van der Waals surface area contributed by atoms with Crippen LogP contribution < -0.4 is 5.46 Å². The molecule has 0 fully saturated rings. The van der Waals surface area contributed by atoms with Gasteiger partial charge in [-0.05, 0) is 108 Å². The first-order valence-corrected chi connectivity index (χ1v) is 16.9. The van der Waals surface area contributed by atoms with Crippen molar-refractivity contribution in [2.45, 2.75) is 0 Å². The van der Waals surface area contributed by atoms with Gasteiger partial charge in [-0.2, -0.15) is 0 Å². The van der Waals surface area contributed by atoms with E-state index in [1.165, 1.54) is 20.3 Å². The van der Waals surface area contributed by atoms with Crippen LogP contribution in [0.25, 0.3) is 33.4 Å². The number of halogens is 5. The van der Waals surface area contributed by atoms with Gasteiger partial charge in [-0.25, -0.2) is 0 Å². The van der Waals surface area contributed by atoms with Crippen molar-refractivity contribution in [2.24, 2.45) is 0 Å². The zero-order valence-electron chi connectivity index (χ0n) is 23.2. The van der Waals surface area contributed by atoms with Crippen LogP contribution in [0.3, 0.4) is 0 Å². The van der Waals surface area contributed by atoms with Gasteiger partial charge in [0.2, 0.25) is 0 Å². The van der Waals surface area contributed by atoms with E-state index < -0.39 is 7.12 Å². The van der Waals surface area contributed by atoms with Gasteiger partial charge in [-0.1, -0.05) is 154 Å². The average molecular weight is 859 g/mol. The van der Waals surface area contributed by atoms with Crippen LogP contribution in [0, 0.1) is 3.57 Å². The first-order chi connectivity index (χ1) is 21.2. The Morgan fingerprint density at radius 3 is 1.32 bits per heavy atom. The second-order valence-electron chi connectivity index (χ2n) is 9.49. The summed E-state index contributed by atoms with van der Waals surface area (Å²) in [6, 6.07) is 47.7. The molecule has 0 amide bonds. The van der Waals surface area contributed by atoms with Gasteiger partial charge < -0.3 is 10.0 Å². The molecule has 0 aromatic heterocycles. The van der Waals surface area contributed by atoms with Crippen molar-refractivity contribution in [3.63, 3.8) is 0 Å². The molecule has 220 valence electrons. The molecule has 8 heteroatoms. The highest BCUT2D eigenvalue weighted by Crippen LogP contribution is 2.32. The molecular weight excluding hydrogens is 833 g/mol. The minimum atomic E-state index is -1.39. The molecule has 2 nitrogen and oxygen atoms in total. The lowest BCUT2D eigenvalue weighted by atomic mass is 9.80. The molecule has 0 saturated carbocycles. The molecule has 0 saturated heterocycles. The Balaban J connectivity index is 0.000000162. The third kappa shape index (κ3) is 10.3. The summed E-state index contributed by atoms with van der Waals surface area (Å²) in [6.45, 7) is 0. The highest BCUT2D eigenvalue weighted by molar-refractivity contribution is 14.1. The summed E-state index contributed by atoms with van der Waals surface area (Å²) in [5.74, 6) is 0. The van der Waals surface area contributed by atoms with E-state index in [9.17, 15) is 0 Å². The van der Waals surface area contributed by atoms with Crippen molar-refractivity contribution in [1.29, 1.82) is 0 Å². The summed E-state index contributed by atoms with van der Waals surface area (Å²) >= 11 is 20.8. The van der Waals surface area contributed by atoms with Gasteiger partial charge in [0.25, 0.3) is 0 Å². The Morgan fingerprint density at radius 2 is 0.886 bits per heavy atom. The highest BCUT2D eigenvalue weighted by atomic mass is 127. The molecule has 0 aliphatic heterocycles. The van der Waals surface area contributed by atoms with E-state index in [1.54, 1.807) is 12.1 Å². The Bertz CT molecular complexity index is 1770. The lowest BCUT2D eigenvalue weighted by Gasteiger charge is -2.07. The van der Waals surface area contributed by atoms with Gasteiger partial charge in [0, 0.05) is 22.6 Å². The van der Waals surface area contributed by atoms with Gasteiger partial charge in [0.1, 0.15) is 0 Å². The van der Waals surface area contributed by atoms with Crippen LogP contribution in [0.5, 0.6) is 0 Å². The summed E-state index contributed by atoms with van der Waals surface area (Å²) in [5.41, 5.74) is 7.47. The zero-order chi connectivity index (χ0) is 31.5. The van der Waals surface area contributed by atoms with Crippen molar-refractivity contribution < 1.29 is 10.0 Å². The predicted molar refractivity (Wildman–Crippen MR) is 204 cm³/mol. The summed E-state index contributed by atoms with van der Waals surface area (Å²) in [4.78, 5) is 0. The lowest BCUT2D eigenvalue weighted by molar-refractivity contribution is 0.426. The monoisotopic (exact) mass is 856 g/mol. The number of hydrogen-bond acceptors (Lipinski definition) is 2. The summed E-state index contributed by atoms with van der Waals surface area (Å²) < 4.78 is 3.24. The Morgan fingerprint density at radius 1 is 0.477 bits per heavy atom. The molecule has 2 N–H and O–H groups in total. The fraction of sp³-hybridized carbons (Fsp3) is 0. The quantitative estimate of drug-likeness (QED) is 0.105.